The number of carbonyl (C=O) groups is 1. The lowest BCUT2D eigenvalue weighted by atomic mass is 9.84. The van der Waals surface area contributed by atoms with E-state index < -0.39 is 22.0 Å². The van der Waals surface area contributed by atoms with E-state index in [0.29, 0.717) is 5.69 Å². The molecule has 0 spiro atoms. The van der Waals surface area contributed by atoms with Crippen molar-refractivity contribution in [1.29, 1.82) is 0 Å². The first-order valence-electron chi connectivity index (χ1n) is 6.59. The van der Waals surface area contributed by atoms with Gasteiger partial charge in [-0.25, -0.2) is 13.1 Å². The van der Waals surface area contributed by atoms with Gasteiger partial charge in [0, 0.05) is 6.04 Å². The van der Waals surface area contributed by atoms with Gasteiger partial charge in [0.2, 0.25) is 10.0 Å². The highest BCUT2D eigenvalue weighted by Crippen LogP contribution is 2.28. The van der Waals surface area contributed by atoms with Crippen LogP contribution < -0.4 is 10.0 Å². The van der Waals surface area contributed by atoms with Gasteiger partial charge in [-0.1, -0.05) is 32.9 Å². The molecule has 0 saturated heterocycles. The number of para-hydroxylation sites is 1. The van der Waals surface area contributed by atoms with Crippen LogP contribution in [0.1, 0.15) is 27.2 Å². The number of sulfonamides is 1. The summed E-state index contributed by atoms with van der Waals surface area (Å²) < 4.78 is 26.3. The summed E-state index contributed by atoms with van der Waals surface area (Å²) in [6, 6.07) is 6.04. The Morgan fingerprint density at radius 3 is 2.33 bits per heavy atom. The predicted octanol–water partition coefficient (Wildman–Crippen LogP) is 1.90. The Morgan fingerprint density at radius 1 is 1.29 bits per heavy atom. The molecule has 7 heteroatoms. The number of benzene rings is 1. The molecule has 0 fully saturated rings. The van der Waals surface area contributed by atoms with E-state index in [0.717, 1.165) is 0 Å². The highest BCUT2D eigenvalue weighted by molar-refractivity contribution is 7.89. The molecule has 1 rings (SSSR count). The summed E-state index contributed by atoms with van der Waals surface area (Å²) in [6.45, 7) is 5.72. The third-order valence-corrected chi connectivity index (χ3v) is 4.67. The standard InChI is InChI=1S/C14H22N2O4S/c1-14(2,3)12(9-13(17)18)16-10-7-5-6-8-11(10)21(19,20)15-4/h5-8,12,15-16H,9H2,1-4H3,(H,17,18). The van der Waals surface area contributed by atoms with Gasteiger partial charge in [0.1, 0.15) is 4.90 Å². The van der Waals surface area contributed by atoms with E-state index in [-0.39, 0.29) is 16.7 Å². The summed E-state index contributed by atoms with van der Waals surface area (Å²) in [5, 5.41) is 12.1. The van der Waals surface area contributed by atoms with Gasteiger partial charge in [-0.05, 0) is 24.6 Å². The molecule has 0 aliphatic rings. The minimum atomic E-state index is -3.61. The zero-order valence-corrected chi connectivity index (χ0v) is 13.5. The average Bonchev–Trinajstić information content (AvgIpc) is 2.37. The van der Waals surface area contributed by atoms with E-state index in [1.165, 1.54) is 13.1 Å². The third-order valence-electron chi connectivity index (χ3n) is 3.20. The SMILES string of the molecule is CNS(=O)(=O)c1ccccc1NC(CC(=O)O)C(C)(C)C. The molecule has 0 amide bonds. The lowest BCUT2D eigenvalue weighted by Crippen LogP contribution is -2.36. The van der Waals surface area contributed by atoms with Crippen molar-refractivity contribution in [2.24, 2.45) is 5.41 Å². The molecular formula is C14H22N2O4S. The van der Waals surface area contributed by atoms with Crippen LogP contribution in [0.15, 0.2) is 29.2 Å². The topological polar surface area (TPSA) is 95.5 Å². The van der Waals surface area contributed by atoms with Crippen molar-refractivity contribution < 1.29 is 18.3 Å². The number of aliphatic carboxylic acids is 1. The summed E-state index contributed by atoms with van der Waals surface area (Å²) in [5.41, 5.74) is 0.0579. The van der Waals surface area contributed by atoms with E-state index in [9.17, 15) is 13.2 Å². The smallest absolute Gasteiger partial charge is 0.305 e. The molecule has 0 aliphatic carbocycles. The first-order valence-corrected chi connectivity index (χ1v) is 8.07. The van der Waals surface area contributed by atoms with Crippen molar-refractivity contribution in [3.05, 3.63) is 24.3 Å². The number of hydrogen-bond acceptors (Lipinski definition) is 4. The minimum absolute atomic E-state index is 0.0998. The summed E-state index contributed by atoms with van der Waals surface area (Å²) in [5.74, 6) is -0.934. The third kappa shape index (κ3) is 4.71. The molecular weight excluding hydrogens is 292 g/mol. The fraction of sp³-hybridized carbons (Fsp3) is 0.500. The Balaban J connectivity index is 3.19. The lowest BCUT2D eigenvalue weighted by Gasteiger charge is -2.31. The van der Waals surface area contributed by atoms with Crippen molar-refractivity contribution >= 4 is 21.7 Å². The van der Waals surface area contributed by atoms with Crippen LogP contribution >= 0.6 is 0 Å². The Hall–Kier alpha value is -1.60. The van der Waals surface area contributed by atoms with Gasteiger partial charge in [0.15, 0.2) is 0 Å². The Bertz CT molecular complexity index is 606. The highest BCUT2D eigenvalue weighted by Gasteiger charge is 2.28. The molecule has 21 heavy (non-hydrogen) atoms. The Labute approximate surface area is 125 Å². The largest absolute Gasteiger partial charge is 0.481 e. The van der Waals surface area contributed by atoms with E-state index >= 15 is 0 Å². The van der Waals surface area contributed by atoms with Crippen LogP contribution in [0.25, 0.3) is 0 Å². The second-order valence-corrected chi connectivity index (χ2v) is 7.72. The van der Waals surface area contributed by atoms with Crippen molar-refractivity contribution in [3.63, 3.8) is 0 Å². The summed E-state index contributed by atoms with van der Waals surface area (Å²) in [6.07, 6.45) is -0.0998. The lowest BCUT2D eigenvalue weighted by molar-refractivity contribution is -0.137. The van der Waals surface area contributed by atoms with E-state index in [1.54, 1.807) is 18.2 Å². The van der Waals surface area contributed by atoms with Gasteiger partial charge in [-0.3, -0.25) is 4.79 Å². The molecule has 1 atom stereocenters. The van der Waals surface area contributed by atoms with Gasteiger partial charge >= 0.3 is 5.97 Å². The van der Waals surface area contributed by atoms with Crippen LogP contribution in [0, 0.1) is 5.41 Å². The van der Waals surface area contributed by atoms with Gasteiger partial charge in [-0.15, -0.1) is 0 Å². The minimum Gasteiger partial charge on any atom is -0.481 e. The number of rotatable bonds is 6. The first kappa shape index (κ1) is 17.5. The number of nitrogens with one attached hydrogen (secondary N) is 2. The zero-order chi connectivity index (χ0) is 16.3. The maximum atomic E-state index is 12.0. The zero-order valence-electron chi connectivity index (χ0n) is 12.7. The summed E-state index contributed by atoms with van der Waals surface area (Å²) in [4.78, 5) is 11.1. The molecule has 0 radical (unpaired) electrons. The van der Waals surface area contributed by atoms with Crippen molar-refractivity contribution in [2.45, 2.75) is 38.1 Å². The van der Waals surface area contributed by atoms with Gasteiger partial charge in [0.25, 0.3) is 0 Å². The monoisotopic (exact) mass is 314 g/mol. The van der Waals surface area contributed by atoms with Crippen LogP contribution in [0.2, 0.25) is 0 Å². The van der Waals surface area contributed by atoms with E-state index in [4.69, 9.17) is 5.11 Å². The molecule has 118 valence electrons. The second-order valence-electron chi connectivity index (χ2n) is 5.86. The molecule has 1 aromatic rings. The molecule has 0 heterocycles. The van der Waals surface area contributed by atoms with Gasteiger partial charge in [-0.2, -0.15) is 0 Å². The molecule has 1 unspecified atom stereocenters. The number of hydrogen-bond donors (Lipinski definition) is 3. The highest BCUT2D eigenvalue weighted by atomic mass is 32.2. The molecule has 3 N–H and O–H groups in total. The van der Waals surface area contributed by atoms with Gasteiger partial charge in [0.05, 0.1) is 12.1 Å². The quantitative estimate of drug-likeness (QED) is 0.745. The predicted molar refractivity (Wildman–Crippen MR) is 81.8 cm³/mol. The molecule has 0 aromatic heterocycles. The van der Waals surface area contributed by atoms with Crippen LogP contribution in [-0.2, 0) is 14.8 Å². The molecule has 0 saturated carbocycles. The Morgan fingerprint density at radius 2 is 1.86 bits per heavy atom. The van der Waals surface area contributed by atoms with E-state index in [2.05, 4.69) is 10.0 Å². The number of carboxylic acids is 1. The van der Waals surface area contributed by atoms with Crippen LogP contribution in [-0.4, -0.2) is 32.6 Å². The number of anilines is 1. The molecule has 1 aromatic carbocycles. The maximum absolute atomic E-state index is 12.0. The molecule has 0 aliphatic heterocycles. The van der Waals surface area contributed by atoms with Crippen molar-refractivity contribution in [3.8, 4) is 0 Å². The number of carboxylic acid groups (broad SMARTS) is 1. The maximum Gasteiger partial charge on any atom is 0.305 e. The summed E-state index contributed by atoms with van der Waals surface area (Å²) >= 11 is 0. The summed E-state index contributed by atoms with van der Waals surface area (Å²) in [7, 11) is -2.27. The van der Waals surface area contributed by atoms with Crippen molar-refractivity contribution in [2.75, 3.05) is 12.4 Å². The first-order chi connectivity index (χ1) is 9.58. The van der Waals surface area contributed by atoms with Crippen LogP contribution in [0.4, 0.5) is 5.69 Å². The fourth-order valence-electron chi connectivity index (χ4n) is 1.87. The fourth-order valence-corrected chi connectivity index (χ4v) is 2.76. The van der Waals surface area contributed by atoms with Crippen molar-refractivity contribution in [1.82, 2.24) is 4.72 Å². The Kier molecular flexibility index (Phi) is 5.36. The van der Waals surface area contributed by atoms with Crippen LogP contribution in [0.3, 0.4) is 0 Å². The van der Waals surface area contributed by atoms with Crippen LogP contribution in [0.5, 0.6) is 0 Å². The molecule has 0 bridgehead atoms. The molecule has 6 nitrogen and oxygen atoms in total. The second kappa shape index (κ2) is 6.44. The average molecular weight is 314 g/mol. The van der Waals surface area contributed by atoms with Gasteiger partial charge < -0.3 is 10.4 Å². The van der Waals surface area contributed by atoms with E-state index in [1.807, 2.05) is 20.8 Å². The normalized spacial score (nSPS) is 13.7.